The summed E-state index contributed by atoms with van der Waals surface area (Å²) < 4.78 is 5.44. The second kappa shape index (κ2) is 7.75. The Morgan fingerprint density at radius 1 is 1.38 bits per heavy atom. The highest BCUT2D eigenvalue weighted by atomic mass is 16.6. The number of nitrogens with zero attached hydrogens (tertiary/aromatic N) is 5. The molecule has 0 spiro atoms. The van der Waals surface area contributed by atoms with Gasteiger partial charge in [-0.05, 0) is 51.0 Å². The van der Waals surface area contributed by atoms with Crippen molar-refractivity contribution in [3.05, 3.63) is 10.4 Å². The smallest absolute Gasteiger partial charge is 0.410 e. The van der Waals surface area contributed by atoms with Crippen LogP contribution in [-0.2, 0) is 9.53 Å². The van der Waals surface area contributed by atoms with Crippen molar-refractivity contribution in [2.24, 2.45) is 17.0 Å². The molecular weight excluding hydrogens is 310 g/mol. The van der Waals surface area contributed by atoms with Gasteiger partial charge in [0.2, 0.25) is 5.91 Å². The van der Waals surface area contributed by atoms with E-state index in [0.717, 1.165) is 12.8 Å². The van der Waals surface area contributed by atoms with Gasteiger partial charge in [-0.1, -0.05) is 5.11 Å². The van der Waals surface area contributed by atoms with Gasteiger partial charge in [0.25, 0.3) is 0 Å². The van der Waals surface area contributed by atoms with Gasteiger partial charge in [-0.25, -0.2) is 4.79 Å². The van der Waals surface area contributed by atoms with E-state index in [-0.39, 0.29) is 23.8 Å². The van der Waals surface area contributed by atoms with Gasteiger partial charge in [0.05, 0.1) is 0 Å². The Balaban J connectivity index is 1.85. The SMILES string of the molecule is CC(C)(C)OC(=O)N1CCCC(CN2CC(CN=[N+]=[N-])CC2=O)C1. The maximum Gasteiger partial charge on any atom is 0.410 e. The van der Waals surface area contributed by atoms with Crippen molar-refractivity contribution in [3.8, 4) is 0 Å². The lowest BCUT2D eigenvalue weighted by molar-refractivity contribution is -0.128. The molecule has 134 valence electrons. The van der Waals surface area contributed by atoms with E-state index in [1.54, 1.807) is 4.90 Å². The molecule has 0 radical (unpaired) electrons. The lowest BCUT2D eigenvalue weighted by Gasteiger charge is -2.35. The molecule has 2 heterocycles. The predicted molar refractivity (Wildman–Crippen MR) is 89.2 cm³/mol. The fourth-order valence-corrected chi connectivity index (χ4v) is 3.32. The second-order valence-corrected chi connectivity index (χ2v) is 7.72. The Bertz CT molecular complexity index is 524. The normalized spacial score (nSPS) is 24.7. The number of ether oxygens (including phenoxy) is 1. The fraction of sp³-hybridized carbons (Fsp3) is 0.875. The van der Waals surface area contributed by atoms with Gasteiger partial charge in [0, 0.05) is 44.1 Å². The highest BCUT2D eigenvalue weighted by Crippen LogP contribution is 2.24. The quantitative estimate of drug-likeness (QED) is 0.448. The van der Waals surface area contributed by atoms with Gasteiger partial charge in [-0.2, -0.15) is 0 Å². The number of amides is 2. The number of rotatable bonds is 4. The Labute approximate surface area is 142 Å². The minimum atomic E-state index is -0.497. The third-order valence-corrected chi connectivity index (χ3v) is 4.35. The molecule has 8 nitrogen and oxygen atoms in total. The number of carbonyl (C=O) groups excluding carboxylic acids is 2. The number of hydrogen-bond acceptors (Lipinski definition) is 4. The average Bonchev–Trinajstić information content (AvgIpc) is 2.84. The van der Waals surface area contributed by atoms with Crippen LogP contribution >= 0.6 is 0 Å². The lowest BCUT2D eigenvalue weighted by Crippen LogP contribution is -2.45. The Morgan fingerprint density at radius 3 is 2.79 bits per heavy atom. The number of carbonyl (C=O) groups is 2. The van der Waals surface area contributed by atoms with Gasteiger partial charge in [-0.3, -0.25) is 4.79 Å². The summed E-state index contributed by atoms with van der Waals surface area (Å²) in [6.45, 7) is 8.58. The summed E-state index contributed by atoms with van der Waals surface area (Å²) in [5, 5.41) is 3.57. The molecule has 2 fully saturated rings. The number of azide groups is 1. The summed E-state index contributed by atoms with van der Waals surface area (Å²) in [4.78, 5) is 30.7. The Kier molecular flexibility index (Phi) is 5.94. The second-order valence-electron chi connectivity index (χ2n) is 7.72. The molecule has 0 saturated carbocycles. The van der Waals surface area contributed by atoms with Crippen LogP contribution in [0.15, 0.2) is 5.11 Å². The molecular formula is C16H27N5O3. The fourth-order valence-electron chi connectivity index (χ4n) is 3.32. The van der Waals surface area contributed by atoms with Crippen LogP contribution in [0, 0.1) is 11.8 Å². The molecule has 2 rings (SSSR count). The molecule has 2 unspecified atom stereocenters. The number of piperidine rings is 1. The van der Waals surface area contributed by atoms with Crippen molar-refractivity contribution >= 4 is 12.0 Å². The van der Waals surface area contributed by atoms with E-state index >= 15 is 0 Å². The minimum Gasteiger partial charge on any atom is -0.444 e. The van der Waals surface area contributed by atoms with Crippen molar-refractivity contribution in [1.82, 2.24) is 9.80 Å². The van der Waals surface area contributed by atoms with Crippen molar-refractivity contribution < 1.29 is 14.3 Å². The van der Waals surface area contributed by atoms with E-state index < -0.39 is 5.60 Å². The van der Waals surface area contributed by atoms with Crippen molar-refractivity contribution in [2.75, 3.05) is 32.7 Å². The first-order valence-corrected chi connectivity index (χ1v) is 8.55. The Morgan fingerprint density at radius 2 is 2.12 bits per heavy atom. The van der Waals surface area contributed by atoms with E-state index in [9.17, 15) is 9.59 Å². The van der Waals surface area contributed by atoms with Gasteiger partial charge >= 0.3 is 6.09 Å². The van der Waals surface area contributed by atoms with Gasteiger partial charge < -0.3 is 14.5 Å². The van der Waals surface area contributed by atoms with E-state index in [4.69, 9.17) is 10.3 Å². The third-order valence-electron chi connectivity index (χ3n) is 4.35. The topological polar surface area (TPSA) is 98.6 Å². The monoisotopic (exact) mass is 337 g/mol. The van der Waals surface area contributed by atoms with Crippen LogP contribution in [0.5, 0.6) is 0 Å². The molecule has 0 aromatic heterocycles. The summed E-state index contributed by atoms with van der Waals surface area (Å²) >= 11 is 0. The van der Waals surface area contributed by atoms with E-state index in [2.05, 4.69) is 10.0 Å². The molecule has 2 amide bonds. The molecule has 2 aliphatic rings. The summed E-state index contributed by atoms with van der Waals surface area (Å²) in [5.74, 6) is 0.495. The van der Waals surface area contributed by atoms with Gasteiger partial charge in [-0.15, -0.1) is 0 Å². The molecule has 2 atom stereocenters. The van der Waals surface area contributed by atoms with Crippen molar-refractivity contribution in [3.63, 3.8) is 0 Å². The first-order valence-electron chi connectivity index (χ1n) is 8.55. The van der Waals surface area contributed by atoms with Crippen molar-refractivity contribution in [1.29, 1.82) is 0 Å². The van der Waals surface area contributed by atoms with Crippen LogP contribution in [0.4, 0.5) is 4.79 Å². The van der Waals surface area contributed by atoms with E-state index in [0.29, 0.717) is 39.1 Å². The molecule has 0 bridgehead atoms. The van der Waals surface area contributed by atoms with Gasteiger partial charge in [0.1, 0.15) is 5.60 Å². The van der Waals surface area contributed by atoms with Crippen molar-refractivity contribution in [2.45, 2.75) is 45.6 Å². The van der Waals surface area contributed by atoms with E-state index in [1.807, 2.05) is 25.7 Å². The average molecular weight is 337 g/mol. The molecule has 0 aromatic carbocycles. The maximum atomic E-state index is 12.2. The molecule has 0 N–H and O–H groups in total. The predicted octanol–water partition coefficient (Wildman–Crippen LogP) is 2.79. The van der Waals surface area contributed by atoms with Crippen LogP contribution in [-0.4, -0.2) is 60.1 Å². The van der Waals surface area contributed by atoms with Gasteiger partial charge in [0.15, 0.2) is 0 Å². The largest absolute Gasteiger partial charge is 0.444 e. The maximum absolute atomic E-state index is 12.2. The Hall–Kier alpha value is -1.95. The van der Waals surface area contributed by atoms with Crippen LogP contribution in [0.25, 0.3) is 10.4 Å². The first kappa shape index (κ1) is 18.4. The molecule has 2 aliphatic heterocycles. The molecule has 24 heavy (non-hydrogen) atoms. The summed E-state index contributed by atoms with van der Waals surface area (Å²) in [7, 11) is 0. The number of likely N-dealkylation sites (tertiary alicyclic amines) is 2. The van der Waals surface area contributed by atoms with Crippen LogP contribution < -0.4 is 0 Å². The van der Waals surface area contributed by atoms with Crippen LogP contribution in [0.2, 0.25) is 0 Å². The molecule has 8 heteroatoms. The molecule has 0 aromatic rings. The molecule has 0 aliphatic carbocycles. The first-order chi connectivity index (χ1) is 11.3. The zero-order valence-corrected chi connectivity index (χ0v) is 14.8. The highest BCUT2D eigenvalue weighted by molar-refractivity contribution is 5.78. The summed E-state index contributed by atoms with van der Waals surface area (Å²) in [6.07, 6.45) is 2.10. The zero-order valence-electron chi connectivity index (χ0n) is 14.8. The summed E-state index contributed by atoms with van der Waals surface area (Å²) in [5.41, 5.74) is 7.90. The van der Waals surface area contributed by atoms with Crippen LogP contribution in [0.1, 0.15) is 40.0 Å². The number of hydrogen-bond donors (Lipinski definition) is 0. The summed E-state index contributed by atoms with van der Waals surface area (Å²) in [6, 6.07) is 0. The third kappa shape index (κ3) is 5.30. The zero-order chi connectivity index (χ0) is 17.7. The van der Waals surface area contributed by atoms with Crippen LogP contribution in [0.3, 0.4) is 0 Å². The highest BCUT2D eigenvalue weighted by Gasteiger charge is 2.33. The molecule has 2 saturated heterocycles. The lowest BCUT2D eigenvalue weighted by atomic mass is 9.98. The minimum absolute atomic E-state index is 0.110. The van der Waals surface area contributed by atoms with E-state index in [1.165, 1.54) is 0 Å². The standard InChI is InChI=1S/C16H27N5O3/c1-16(2,3)24-15(23)20-6-4-5-12(9-20)10-21-11-13(7-14(21)22)8-18-19-17/h12-13H,4-11H2,1-3H3.